The Labute approximate surface area is 288 Å². The first-order valence-corrected chi connectivity index (χ1v) is 14.0. The summed E-state index contributed by atoms with van der Waals surface area (Å²) in [5.41, 5.74) is -4.50. The first-order chi connectivity index (χ1) is 23.8. The molecular weight excluding hydrogens is 749 g/mol. The topological polar surface area (TPSA) is 142 Å². The number of halogens is 11. The summed E-state index contributed by atoms with van der Waals surface area (Å²) in [5, 5.41) is 0. The summed E-state index contributed by atoms with van der Waals surface area (Å²) in [6.45, 7) is -7.14. The van der Waals surface area contributed by atoms with Crippen LogP contribution in [0.15, 0.2) is 50.6 Å². The van der Waals surface area contributed by atoms with E-state index in [-0.39, 0.29) is 0 Å². The van der Waals surface area contributed by atoms with Crippen molar-refractivity contribution < 1.29 is 105 Å². The number of alkyl halides is 11. The molecule has 0 aliphatic carbocycles. The third-order valence-electron chi connectivity index (χ3n) is 5.71. The highest BCUT2D eigenvalue weighted by molar-refractivity contribution is 5.82. The molecule has 2 atom stereocenters. The fourth-order valence-electron chi connectivity index (χ4n) is 3.02. The third kappa shape index (κ3) is 17.9. The number of carbonyl (C=O) groups is 4. The Bertz CT molecular complexity index is 1250. The van der Waals surface area contributed by atoms with Gasteiger partial charge in [0, 0.05) is 24.3 Å². The zero-order valence-electron chi connectivity index (χ0n) is 26.8. The molecule has 0 fully saturated rings. The number of rotatable bonds is 28. The van der Waals surface area contributed by atoms with Gasteiger partial charge in [0.25, 0.3) is 0 Å². The van der Waals surface area contributed by atoms with E-state index in [4.69, 9.17) is 0 Å². The predicted molar refractivity (Wildman–Crippen MR) is 150 cm³/mol. The van der Waals surface area contributed by atoms with Crippen molar-refractivity contribution in [3.8, 4) is 0 Å². The molecule has 0 spiro atoms. The minimum Gasteiger partial charge on any atom is -0.462 e. The van der Waals surface area contributed by atoms with Gasteiger partial charge in [-0.1, -0.05) is 26.3 Å². The molecule has 0 saturated carbocycles. The fourth-order valence-corrected chi connectivity index (χ4v) is 3.02. The molecule has 12 nitrogen and oxygen atoms in total. The van der Waals surface area contributed by atoms with Gasteiger partial charge >= 0.3 is 53.9 Å². The van der Waals surface area contributed by atoms with Crippen LogP contribution in [0.1, 0.15) is 6.42 Å². The number of carbonyl (C=O) groups excluding carboxylic acids is 4. The van der Waals surface area contributed by atoms with E-state index in [1.54, 1.807) is 0 Å². The van der Waals surface area contributed by atoms with Gasteiger partial charge in [-0.05, 0) is 0 Å². The van der Waals surface area contributed by atoms with Gasteiger partial charge in [-0.25, -0.2) is 49.9 Å². The van der Waals surface area contributed by atoms with E-state index in [1.807, 2.05) is 0 Å². The lowest BCUT2D eigenvalue weighted by Gasteiger charge is -2.42. The highest BCUT2D eigenvalue weighted by Gasteiger charge is 2.64. The van der Waals surface area contributed by atoms with Gasteiger partial charge in [0.05, 0.1) is 26.2 Å². The lowest BCUT2D eigenvalue weighted by molar-refractivity contribution is -0.392. The van der Waals surface area contributed by atoms with Gasteiger partial charge in [-0.3, -0.25) is 0 Å². The Morgan fingerprint density at radius 3 is 1.37 bits per heavy atom. The van der Waals surface area contributed by atoms with Crippen LogP contribution in [0.4, 0.5) is 48.3 Å². The number of hydrogen-bond acceptors (Lipinski definition) is 12. The van der Waals surface area contributed by atoms with E-state index in [0.717, 1.165) is 0 Å². The van der Waals surface area contributed by atoms with E-state index < -0.39 is 132 Å². The van der Waals surface area contributed by atoms with Crippen LogP contribution in [-0.4, -0.2) is 120 Å². The molecule has 2 unspecified atom stereocenters. The monoisotopic (exact) mass is 782 g/mol. The third-order valence-corrected chi connectivity index (χ3v) is 5.71. The van der Waals surface area contributed by atoms with Crippen molar-refractivity contribution in [2.45, 2.75) is 42.8 Å². The van der Waals surface area contributed by atoms with Crippen LogP contribution in [0.3, 0.4) is 0 Å². The number of hydrogen-bond donors (Lipinski definition) is 0. The molecule has 0 N–H and O–H groups in total. The Kier molecular flexibility index (Phi) is 19.2. The van der Waals surface area contributed by atoms with Crippen molar-refractivity contribution in [2.24, 2.45) is 5.41 Å². The van der Waals surface area contributed by atoms with Crippen molar-refractivity contribution in [3.05, 3.63) is 50.6 Å². The first kappa shape index (κ1) is 47.9. The minimum atomic E-state index is -5.70. The zero-order chi connectivity index (χ0) is 40.4. The van der Waals surface area contributed by atoms with E-state index in [9.17, 15) is 54.3 Å². The predicted octanol–water partition coefficient (Wildman–Crippen LogP) is 4.73. The van der Waals surface area contributed by atoms with Crippen LogP contribution >= 0.6 is 0 Å². The summed E-state index contributed by atoms with van der Waals surface area (Å²) in [6.07, 6.45) is -14.5. The lowest BCUT2D eigenvalue weighted by atomic mass is 9.87. The maximum atomic E-state index is 15.8. The largest absolute Gasteiger partial charge is 0.462 e. The smallest absolute Gasteiger partial charge is 0.371 e. The normalized spacial score (nSPS) is 14.3. The van der Waals surface area contributed by atoms with Gasteiger partial charge in [0.2, 0.25) is 6.36 Å². The quantitative estimate of drug-likeness (QED) is 0.0469. The average molecular weight is 783 g/mol. The maximum Gasteiger partial charge on any atom is 0.371 e. The standard InChI is InChI=1S/C29H33F11O12/c1-5-19(41)46-10-9-28(37,38)51-12-24(11-45-13-25(31,32)14-47-20(42)6-2,23(30)50-17-26(33,34)15-48-21(43)7-3)29(39,40)52-18-27(35,36)16-49-22(44)8-4/h5-8,23H,1-4,9-18H2. The van der Waals surface area contributed by atoms with Gasteiger partial charge in [-0.2, -0.15) is 17.6 Å². The second-order valence-corrected chi connectivity index (χ2v) is 10.1. The summed E-state index contributed by atoms with van der Waals surface area (Å²) < 4.78 is 195. The number of esters is 4. The highest BCUT2D eigenvalue weighted by Crippen LogP contribution is 2.46. The Balaban J connectivity index is 6.78. The zero-order valence-corrected chi connectivity index (χ0v) is 26.8. The highest BCUT2D eigenvalue weighted by atomic mass is 19.3. The summed E-state index contributed by atoms with van der Waals surface area (Å²) >= 11 is 0. The van der Waals surface area contributed by atoms with Gasteiger partial charge in [0.15, 0.2) is 25.2 Å². The van der Waals surface area contributed by atoms with Gasteiger partial charge in [-0.15, -0.1) is 0 Å². The SMILES string of the molecule is C=CC(=O)OCCC(F)(F)OCC(COCC(F)(F)COC(=O)C=C)(C(F)OCC(F)(F)COC(=O)C=C)C(F)(F)OCC(F)(F)COC(=O)C=C. The minimum absolute atomic E-state index is 0.386. The van der Waals surface area contributed by atoms with Crippen LogP contribution in [0.2, 0.25) is 0 Å². The molecule has 0 aromatic heterocycles. The molecule has 298 valence electrons. The fraction of sp³-hybridized carbons (Fsp3) is 0.586. The molecule has 52 heavy (non-hydrogen) atoms. The Hall–Kier alpha value is -4.09. The molecule has 0 bridgehead atoms. The van der Waals surface area contributed by atoms with Crippen LogP contribution in [0.25, 0.3) is 0 Å². The average Bonchev–Trinajstić information content (AvgIpc) is 3.07. The molecule has 0 aromatic rings. The molecule has 0 saturated heterocycles. The van der Waals surface area contributed by atoms with Crippen molar-refractivity contribution in [3.63, 3.8) is 0 Å². The van der Waals surface area contributed by atoms with Crippen molar-refractivity contribution in [2.75, 3.05) is 59.5 Å². The van der Waals surface area contributed by atoms with Gasteiger partial charge < -0.3 is 37.9 Å². The first-order valence-electron chi connectivity index (χ1n) is 14.0. The van der Waals surface area contributed by atoms with Crippen LogP contribution in [0.5, 0.6) is 0 Å². The summed E-state index contributed by atoms with van der Waals surface area (Å²) in [4.78, 5) is 44.5. The Morgan fingerprint density at radius 2 is 0.923 bits per heavy atom. The van der Waals surface area contributed by atoms with E-state index in [1.165, 1.54) is 0 Å². The van der Waals surface area contributed by atoms with Gasteiger partial charge in [0.1, 0.15) is 19.8 Å². The van der Waals surface area contributed by atoms with Crippen LogP contribution in [-0.2, 0) is 57.1 Å². The molecular formula is C29H33F11O12. The van der Waals surface area contributed by atoms with E-state index in [0.29, 0.717) is 24.3 Å². The van der Waals surface area contributed by atoms with Crippen LogP contribution < -0.4 is 0 Å². The van der Waals surface area contributed by atoms with Crippen molar-refractivity contribution in [1.82, 2.24) is 0 Å². The lowest BCUT2D eigenvalue weighted by Crippen LogP contribution is -2.59. The summed E-state index contributed by atoms with van der Waals surface area (Å²) in [6, 6.07) is 0. The van der Waals surface area contributed by atoms with Crippen LogP contribution in [0, 0.1) is 5.41 Å². The molecule has 0 amide bonds. The van der Waals surface area contributed by atoms with Crippen molar-refractivity contribution >= 4 is 23.9 Å². The van der Waals surface area contributed by atoms with Crippen molar-refractivity contribution in [1.29, 1.82) is 0 Å². The maximum absolute atomic E-state index is 15.8. The van der Waals surface area contributed by atoms with E-state index in [2.05, 4.69) is 64.2 Å². The Morgan fingerprint density at radius 1 is 0.519 bits per heavy atom. The second-order valence-electron chi connectivity index (χ2n) is 10.1. The molecule has 0 aromatic carbocycles. The summed E-state index contributed by atoms with van der Waals surface area (Å²) in [5.74, 6) is -19.0. The second kappa shape index (κ2) is 20.8. The molecule has 0 radical (unpaired) electrons. The molecule has 23 heteroatoms. The molecule has 0 rings (SSSR count). The summed E-state index contributed by atoms with van der Waals surface area (Å²) in [7, 11) is 0. The molecule has 0 aliphatic heterocycles. The number of ether oxygens (including phenoxy) is 8. The van der Waals surface area contributed by atoms with E-state index >= 15 is 13.2 Å². The molecule has 0 aliphatic rings. The molecule has 0 heterocycles.